The molecule has 0 radical (unpaired) electrons. The Hall–Kier alpha value is -3.54. The van der Waals surface area contributed by atoms with Crippen LogP contribution in [0.4, 0.5) is 21.7 Å². The monoisotopic (exact) mass is 513 g/mol. The molecular weight excluding hydrogens is 489 g/mol. The number of hydrogen-bond donors (Lipinski definition) is 3. The number of benzene rings is 1. The zero-order valence-electron chi connectivity index (χ0n) is 19.6. The van der Waals surface area contributed by atoms with Crippen molar-refractivity contribution in [2.75, 3.05) is 43.5 Å². The van der Waals surface area contributed by atoms with Crippen LogP contribution in [0.25, 0.3) is 11.7 Å². The number of nitrogens with one attached hydrogen (secondary N) is 3. The minimum atomic E-state index is -0.478. The van der Waals surface area contributed by atoms with Crippen molar-refractivity contribution in [2.45, 2.75) is 19.4 Å². The number of hydrogen-bond acceptors (Lipinski definition) is 8. The summed E-state index contributed by atoms with van der Waals surface area (Å²) in [7, 11) is 0. The van der Waals surface area contributed by atoms with Crippen molar-refractivity contribution in [2.24, 2.45) is 0 Å². The van der Waals surface area contributed by atoms with Crippen LogP contribution in [0.3, 0.4) is 0 Å². The number of nitrogens with zero attached hydrogens (tertiary/aromatic N) is 4. The molecule has 3 N–H and O–H groups in total. The number of carbonyl (C=O) groups excluding carboxylic acids is 2. The molecule has 3 aromatic rings. The second-order valence-corrected chi connectivity index (χ2v) is 9.15. The molecule has 2 fully saturated rings. The van der Waals surface area contributed by atoms with Crippen LogP contribution < -0.4 is 16.0 Å². The van der Waals surface area contributed by atoms with E-state index in [1.54, 1.807) is 22.9 Å². The molecule has 2 aliphatic heterocycles. The number of amides is 2. The standard InChI is InChI=1S/C24H25ClFN7O3/c1-14(32-4-6-36-7-5-32)12-27-21-11-20(29-19-10-17(25)2-3-18(19)26)30-23-16(13-28-33(21)23)8-15-9-22(34)31-24(15)35/h2-3,8,10-11,13-14,27H,4-7,9,12H2,1H3,(H,29,30)(H,31,34,35)/b15-8+. The quantitative estimate of drug-likeness (QED) is 0.326. The summed E-state index contributed by atoms with van der Waals surface area (Å²) in [6, 6.07) is 6.17. The van der Waals surface area contributed by atoms with Gasteiger partial charge in [0.25, 0.3) is 5.91 Å². The van der Waals surface area contributed by atoms with Gasteiger partial charge in [0.05, 0.1) is 31.5 Å². The van der Waals surface area contributed by atoms with E-state index < -0.39 is 11.7 Å². The molecule has 1 aromatic carbocycles. The summed E-state index contributed by atoms with van der Waals surface area (Å²) < 4.78 is 21.5. The number of imide groups is 1. The second-order valence-electron chi connectivity index (χ2n) is 8.71. The normalized spacial score (nSPS) is 18.6. The number of aromatic nitrogens is 3. The number of ether oxygens (including phenoxy) is 1. The minimum absolute atomic E-state index is 0.00991. The number of halogens is 2. The largest absolute Gasteiger partial charge is 0.379 e. The van der Waals surface area contributed by atoms with Gasteiger partial charge in [-0.25, -0.2) is 9.37 Å². The fourth-order valence-corrected chi connectivity index (χ4v) is 4.38. The van der Waals surface area contributed by atoms with E-state index >= 15 is 0 Å². The van der Waals surface area contributed by atoms with Crippen molar-refractivity contribution in [3.8, 4) is 0 Å². The SMILES string of the molecule is CC(CNc1cc(Nc2cc(Cl)ccc2F)nc2c(/C=C3\CC(=O)NC3=O)cnn12)N1CCOCC1. The van der Waals surface area contributed by atoms with Gasteiger partial charge in [-0.2, -0.15) is 9.61 Å². The first kappa shape index (κ1) is 24.2. The Labute approximate surface area is 211 Å². The third-order valence-corrected chi connectivity index (χ3v) is 6.40. The van der Waals surface area contributed by atoms with Crippen molar-refractivity contribution in [1.29, 1.82) is 0 Å². The fraction of sp³-hybridized carbons (Fsp3) is 0.333. The summed E-state index contributed by atoms with van der Waals surface area (Å²) >= 11 is 6.06. The number of carbonyl (C=O) groups is 2. The van der Waals surface area contributed by atoms with Gasteiger partial charge in [-0.05, 0) is 31.2 Å². The highest BCUT2D eigenvalue weighted by Crippen LogP contribution is 2.27. The maximum atomic E-state index is 14.4. The maximum absolute atomic E-state index is 14.4. The van der Waals surface area contributed by atoms with Crippen LogP contribution in [0, 0.1) is 5.82 Å². The lowest BCUT2D eigenvalue weighted by Crippen LogP contribution is -2.45. The van der Waals surface area contributed by atoms with Gasteiger partial charge in [0.2, 0.25) is 5.91 Å². The van der Waals surface area contributed by atoms with Crippen molar-refractivity contribution < 1.29 is 18.7 Å². The highest BCUT2D eigenvalue weighted by molar-refractivity contribution is 6.30. The van der Waals surface area contributed by atoms with Crippen molar-refractivity contribution in [3.05, 3.63) is 52.4 Å². The number of rotatable bonds is 7. The van der Waals surface area contributed by atoms with Gasteiger partial charge in [0.15, 0.2) is 5.65 Å². The minimum Gasteiger partial charge on any atom is -0.379 e. The first-order chi connectivity index (χ1) is 17.4. The molecule has 0 saturated carbocycles. The number of anilines is 3. The van der Waals surface area contributed by atoms with Crippen LogP contribution in [-0.2, 0) is 14.3 Å². The van der Waals surface area contributed by atoms with Gasteiger partial charge in [-0.3, -0.25) is 19.8 Å². The molecule has 188 valence electrons. The molecular formula is C24H25ClFN7O3. The van der Waals surface area contributed by atoms with E-state index in [0.717, 1.165) is 13.1 Å². The van der Waals surface area contributed by atoms with Crippen LogP contribution in [0.5, 0.6) is 0 Å². The molecule has 2 aromatic heterocycles. The van der Waals surface area contributed by atoms with Gasteiger partial charge in [0.1, 0.15) is 17.5 Å². The molecule has 2 aliphatic rings. The van der Waals surface area contributed by atoms with Crippen LogP contribution in [0.1, 0.15) is 18.9 Å². The third-order valence-electron chi connectivity index (χ3n) is 6.16. The first-order valence-electron chi connectivity index (χ1n) is 11.6. The Morgan fingerprint density at radius 3 is 2.83 bits per heavy atom. The van der Waals surface area contributed by atoms with Gasteiger partial charge in [-0.1, -0.05) is 11.6 Å². The number of fused-ring (bicyclic) bond motifs is 1. The van der Waals surface area contributed by atoms with E-state index in [-0.39, 0.29) is 24.1 Å². The van der Waals surface area contributed by atoms with Gasteiger partial charge >= 0.3 is 0 Å². The zero-order valence-corrected chi connectivity index (χ0v) is 20.3. The first-order valence-corrected chi connectivity index (χ1v) is 12.0. The molecule has 1 unspecified atom stereocenters. The maximum Gasteiger partial charge on any atom is 0.254 e. The molecule has 10 nitrogen and oxygen atoms in total. The van der Waals surface area contributed by atoms with Gasteiger partial charge < -0.3 is 15.4 Å². The van der Waals surface area contributed by atoms with E-state index in [1.165, 1.54) is 18.2 Å². The smallest absolute Gasteiger partial charge is 0.254 e. The molecule has 2 saturated heterocycles. The van der Waals surface area contributed by atoms with E-state index in [9.17, 15) is 14.0 Å². The Balaban J connectivity index is 1.49. The van der Waals surface area contributed by atoms with E-state index in [1.807, 2.05) is 0 Å². The van der Waals surface area contributed by atoms with Crippen LogP contribution in [0.15, 0.2) is 36.0 Å². The summed E-state index contributed by atoms with van der Waals surface area (Å²) in [5.74, 6) is -0.284. The van der Waals surface area contributed by atoms with Crippen molar-refractivity contribution in [1.82, 2.24) is 24.8 Å². The average molecular weight is 514 g/mol. The predicted molar refractivity (Wildman–Crippen MR) is 134 cm³/mol. The summed E-state index contributed by atoms with van der Waals surface area (Å²) in [6.45, 7) is 5.88. The summed E-state index contributed by atoms with van der Waals surface area (Å²) in [4.78, 5) is 30.7. The second kappa shape index (κ2) is 10.2. The van der Waals surface area contributed by atoms with E-state index in [0.29, 0.717) is 53.2 Å². The summed E-state index contributed by atoms with van der Waals surface area (Å²) in [5, 5.41) is 13.5. The lowest BCUT2D eigenvalue weighted by Gasteiger charge is -2.32. The molecule has 0 spiro atoms. The molecule has 12 heteroatoms. The highest BCUT2D eigenvalue weighted by Gasteiger charge is 2.25. The number of morpholine rings is 1. The summed E-state index contributed by atoms with van der Waals surface area (Å²) in [6.07, 6.45) is 3.16. The molecule has 0 bridgehead atoms. The van der Waals surface area contributed by atoms with Crippen LogP contribution in [0.2, 0.25) is 5.02 Å². The zero-order chi connectivity index (χ0) is 25.2. The van der Waals surface area contributed by atoms with Crippen molar-refractivity contribution in [3.63, 3.8) is 0 Å². The van der Waals surface area contributed by atoms with Crippen LogP contribution >= 0.6 is 11.6 Å². The Morgan fingerprint density at radius 2 is 2.08 bits per heavy atom. The van der Waals surface area contributed by atoms with E-state index in [2.05, 4.69) is 37.9 Å². The molecule has 0 aliphatic carbocycles. The van der Waals surface area contributed by atoms with Crippen LogP contribution in [-0.4, -0.2) is 70.2 Å². The lowest BCUT2D eigenvalue weighted by atomic mass is 10.1. The molecule has 4 heterocycles. The average Bonchev–Trinajstić information content (AvgIpc) is 3.42. The molecule has 1 atom stereocenters. The fourth-order valence-electron chi connectivity index (χ4n) is 4.21. The topological polar surface area (TPSA) is 113 Å². The summed E-state index contributed by atoms with van der Waals surface area (Å²) in [5.41, 5.74) is 1.48. The molecule has 5 rings (SSSR count). The Bertz CT molecular complexity index is 1350. The Kier molecular flexibility index (Phi) is 6.86. The Morgan fingerprint density at radius 1 is 1.28 bits per heavy atom. The van der Waals surface area contributed by atoms with E-state index in [4.69, 9.17) is 16.3 Å². The predicted octanol–water partition coefficient (Wildman–Crippen LogP) is 2.83. The van der Waals surface area contributed by atoms with Gasteiger partial charge in [0, 0.05) is 47.9 Å². The molecule has 2 amide bonds. The molecule has 36 heavy (non-hydrogen) atoms. The highest BCUT2D eigenvalue weighted by atomic mass is 35.5. The lowest BCUT2D eigenvalue weighted by molar-refractivity contribution is -0.124. The van der Waals surface area contributed by atoms with Crippen molar-refractivity contribution >= 4 is 52.5 Å². The third kappa shape index (κ3) is 5.18. The van der Waals surface area contributed by atoms with Gasteiger partial charge in [-0.15, -0.1) is 0 Å².